The van der Waals surface area contributed by atoms with Crippen molar-refractivity contribution < 1.29 is 9.84 Å². The SMILES string of the molecule is COC1=Nc2c(c(=O)n(CCCO)c(=O)n2C)CC[C@H]1Cc1ccc(Cl)cn1. The van der Waals surface area contributed by atoms with E-state index in [9.17, 15) is 9.59 Å². The first-order chi connectivity index (χ1) is 13.5. The molecule has 9 heteroatoms. The smallest absolute Gasteiger partial charge is 0.332 e. The first kappa shape index (κ1) is 20.3. The van der Waals surface area contributed by atoms with E-state index in [2.05, 4.69) is 9.98 Å². The van der Waals surface area contributed by atoms with Gasteiger partial charge in [0.1, 0.15) is 5.82 Å². The molecule has 2 aromatic heterocycles. The second kappa shape index (κ2) is 8.70. The normalized spacial score (nSPS) is 16.3. The molecule has 0 aliphatic carbocycles. The Balaban J connectivity index is 2.00. The van der Waals surface area contributed by atoms with Crippen molar-refractivity contribution in [2.24, 2.45) is 18.0 Å². The predicted molar refractivity (Wildman–Crippen MR) is 107 cm³/mol. The van der Waals surface area contributed by atoms with Crippen molar-refractivity contribution in [3.8, 4) is 0 Å². The Morgan fingerprint density at radius 3 is 2.79 bits per heavy atom. The molecule has 1 atom stereocenters. The summed E-state index contributed by atoms with van der Waals surface area (Å²) in [4.78, 5) is 34.3. The molecule has 28 heavy (non-hydrogen) atoms. The molecule has 3 heterocycles. The fourth-order valence-electron chi connectivity index (χ4n) is 3.43. The summed E-state index contributed by atoms with van der Waals surface area (Å²) >= 11 is 5.90. The summed E-state index contributed by atoms with van der Waals surface area (Å²) in [5.41, 5.74) is 0.533. The number of hydrogen-bond acceptors (Lipinski definition) is 6. The number of nitrogens with zero attached hydrogens (tertiary/aromatic N) is 4. The predicted octanol–water partition coefficient (Wildman–Crippen LogP) is 1.46. The van der Waals surface area contributed by atoms with Crippen LogP contribution in [0.15, 0.2) is 32.9 Å². The highest BCUT2D eigenvalue weighted by atomic mass is 35.5. The van der Waals surface area contributed by atoms with Gasteiger partial charge in [0.15, 0.2) is 5.90 Å². The van der Waals surface area contributed by atoms with Crippen LogP contribution in [-0.2, 0) is 31.2 Å². The van der Waals surface area contributed by atoms with Crippen molar-refractivity contribution in [1.82, 2.24) is 14.1 Å². The van der Waals surface area contributed by atoms with Gasteiger partial charge in [-0.15, -0.1) is 0 Å². The van der Waals surface area contributed by atoms with Crippen LogP contribution in [0.5, 0.6) is 0 Å². The molecule has 0 fully saturated rings. The number of hydrogen-bond donors (Lipinski definition) is 1. The highest BCUT2D eigenvalue weighted by Crippen LogP contribution is 2.26. The van der Waals surface area contributed by atoms with Crippen molar-refractivity contribution in [1.29, 1.82) is 0 Å². The van der Waals surface area contributed by atoms with Crippen LogP contribution in [0.3, 0.4) is 0 Å². The minimum atomic E-state index is -0.450. The molecule has 0 radical (unpaired) electrons. The monoisotopic (exact) mass is 406 g/mol. The zero-order chi connectivity index (χ0) is 20.3. The van der Waals surface area contributed by atoms with E-state index in [4.69, 9.17) is 21.4 Å². The van der Waals surface area contributed by atoms with Gasteiger partial charge in [-0.25, -0.2) is 4.79 Å². The van der Waals surface area contributed by atoms with Crippen molar-refractivity contribution in [3.05, 3.63) is 55.4 Å². The Bertz CT molecular complexity index is 995. The van der Waals surface area contributed by atoms with Crippen molar-refractivity contribution in [3.63, 3.8) is 0 Å². The summed E-state index contributed by atoms with van der Waals surface area (Å²) in [5.74, 6) is 0.725. The van der Waals surface area contributed by atoms with Gasteiger partial charge in [-0.3, -0.25) is 18.9 Å². The molecule has 2 aromatic rings. The van der Waals surface area contributed by atoms with Gasteiger partial charge in [-0.2, -0.15) is 4.99 Å². The van der Waals surface area contributed by atoms with Crippen LogP contribution < -0.4 is 11.2 Å². The molecule has 0 saturated heterocycles. The Morgan fingerprint density at radius 2 is 2.14 bits per heavy atom. The lowest BCUT2D eigenvalue weighted by Crippen LogP contribution is -2.41. The zero-order valence-corrected chi connectivity index (χ0v) is 16.6. The van der Waals surface area contributed by atoms with Crippen LogP contribution in [0.1, 0.15) is 24.1 Å². The molecular weight excluding hydrogens is 384 g/mol. The van der Waals surface area contributed by atoms with Gasteiger partial charge in [-0.1, -0.05) is 11.6 Å². The third-order valence-corrected chi connectivity index (χ3v) is 5.13. The standard InChI is InChI=1S/C19H23ClN4O4/c1-23-16-15(18(26)24(19(23)27)8-3-9-25)7-4-12(17(22-16)28-2)10-14-6-5-13(20)11-21-14/h5-6,11-12,25H,3-4,7-10H2,1-2H3/t12-/m0/s1. The summed E-state index contributed by atoms with van der Waals surface area (Å²) in [6.07, 6.45) is 3.62. The third kappa shape index (κ3) is 4.02. The quantitative estimate of drug-likeness (QED) is 0.810. The Hall–Kier alpha value is -2.45. The number of methoxy groups -OCH3 is 1. The molecule has 0 bridgehead atoms. The number of aliphatic hydroxyl groups excluding tert-OH is 1. The maximum absolute atomic E-state index is 12.9. The molecule has 0 saturated carbocycles. The maximum Gasteiger partial charge on any atom is 0.332 e. The van der Waals surface area contributed by atoms with Crippen LogP contribution in [0.25, 0.3) is 0 Å². The van der Waals surface area contributed by atoms with Crippen LogP contribution in [-0.4, -0.2) is 38.8 Å². The van der Waals surface area contributed by atoms with E-state index in [0.717, 1.165) is 10.3 Å². The van der Waals surface area contributed by atoms with E-state index in [-0.39, 0.29) is 24.6 Å². The molecule has 8 nitrogen and oxygen atoms in total. The fraction of sp³-hybridized carbons (Fsp3) is 0.474. The highest BCUT2D eigenvalue weighted by Gasteiger charge is 2.27. The highest BCUT2D eigenvalue weighted by molar-refractivity contribution is 6.30. The first-order valence-corrected chi connectivity index (χ1v) is 9.50. The summed E-state index contributed by atoms with van der Waals surface area (Å²) < 4.78 is 8.04. The number of ether oxygens (including phenoxy) is 1. The summed E-state index contributed by atoms with van der Waals surface area (Å²) in [7, 11) is 3.13. The van der Waals surface area contributed by atoms with E-state index in [0.29, 0.717) is 48.0 Å². The summed E-state index contributed by atoms with van der Waals surface area (Å²) in [6, 6.07) is 3.63. The number of fused-ring (bicyclic) bond motifs is 1. The molecule has 1 aliphatic heterocycles. The van der Waals surface area contributed by atoms with Crippen LogP contribution >= 0.6 is 11.6 Å². The molecule has 0 unspecified atom stereocenters. The van der Waals surface area contributed by atoms with Gasteiger partial charge in [0.05, 0.1) is 17.7 Å². The van der Waals surface area contributed by atoms with Gasteiger partial charge in [0.2, 0.25) is 0 Å². The summed E-state index contributed by atoms with van der Waals surface area (Å²) in [6.45, 7) is 0.0864. The number of aromatic nitrogens is 3. The number of rotatable bonds is 5. The topological polar surface area (TPSA) is 98.7 Å². The van der Waals surface area contributed by atoms with E-state index in [1.807, 2.05) is 6.07 Å². The lowest BCUT2D eigenvalue weighted by atomic mass is 9.96. The van der Waals surface area contributed by atoms with Crippen LogP contribution in [0.2, 0.25) is 5.02 Å². The Morgan fingerprint density at radius 1 is 1.36 bits per heavy atom. The summed E-state index contributed by atoms with van der Waals surface area (Å²) in [5, 5.41) is 9.61. The minimum absolute atomic E-state index is 0.0773. The molecule has 3 rings (SSSR count). The second-order valence-electron chi connectivity index (χ2n) is 6.74. The molecule has 1 aliphatic rings. The molecule has 1 N–H and O–H groups in total. The van der Waals surface area contributed by atoms with E-state index < -0.39 is 5.69 Å². The first-order valence-electron chi connectivity index (χ1n) is 9.12. The molecule has 0 aromatic carbocycles. The van der Waals surface area contributed by atoms with Gasteiger partial charge >= 0.3 is 5.69 Å². The van der Waals surface area contributed by atoms with Crippen molar-refractivity contribution in [2.75, 3.05) is 13.7 Å². The van der Waals surface area contributed by atoms with E-state index >= 15 is 0 Å². The van der Waals surface area contributed by atoms with Gasteiger partial charge in [0, 0.05) is 44.4 Å². The zero-order valence-electron chi connectivity index (χ0n) is 15.9. The largest absolute Gasteiger partial charge is 0.484 e. The Labute approximate surface area is 167 Å². The number of aliphatic imine (C=N–C) groups is 1. The Kier molecular flexibility index (Phi) is 6.31. The van der Waals surface area contributed by atoms with Crippen LogP contribution in [0, 0.1) is 5.92 Å². The lowest BCUT2D eigenvalue weighted by molar-refractivity contribution is 0.277. The number of pyridine rings is 1. The molecular formula is C19H23ClN4O4. The average Bonchev–Trinajstić information content (AvgIpc) is 2.88. The average molecular weight is 407 g/mol. The number of halogens is 1. The van der Waals surface area contributed by atoms with E-state index in [1.165, 1.54) is 11.7 Å². The minimum Gasteiger partial charge on any atom is -0.484 e. The molecule has 150 valence electrons. The number of aliphatic hydroxyl groups is 1. The lowest BCUT2D eigenvalue weighted by Gasteiger charge is -2.15. The van der Waals surface area contributed by atoms with E-state index in [1.54, 1.807) is 19.3 Å². The second-order valence-corrected chi connectivity index (χ2v) is 7.18. The van der Waals surface area contributed by atoms with Crippen molar-refractivity contribution >= 4 is 23.3 Å². The van der Waals surface area contributed by atoms with Gasteiger partial charge in [0.25, 0.3) is 5.56 Å². The van der Waals surface area contributed by atoms with Crippen molar-refractivity contribution in [2.45, 2.75) is 32.2 Å². The molecule has 0 amide bonds. The maximum atomic E-state index is 12.9. The molecule has 0 spiro atoms. The van der Waals surface area contributed by atoms with Gasteiger partial charge in [-0.05, 0) is 31.4 Å². The van der Waals surface area contributed by atoms with Crippen LogP contribution in [0.4, 0.5) is 5.82 Å². The van der Waals surface area contributed by atoms with Gasteiger partial charge < -0.3 is 9.84 Å². The third-order valence-electron chi connectivity index (χ3n) is 4.91. The fourth-order valence-corrected chi connectivity index (χ4v) is 3.54.